The summed E-state index contributed by atoms with van der Waals surface area (Å²) in [7, 11) is 1.64. The SMILES string of the molecule is COc1ccc(N=C2SCC(=N)N2Nc2c3ccccc3nc3ccccc23)cc1. The normalized spacial score (nSPS) is 15.3. The fraction of sp³-hybridized carbons (Fsp3) is 0.0870. The first-order valence-corrected chi connectivity index (χ1v) is 10.5. The van der Waals surface area contributed by atoms with Crippen molar-refractivity contribution in [2.24, 2.45) is 4.99 Å². The molecule has 0 atom stereocenters. The molecule has 1 aliphatic heterocycles. The van der Waals surface area contributed by atoms with Crippen LogP contribution in [0, 0.1) is 5.41 Å². The van der Waals surface area contributed by atoms with Crippen LogP contribution in [-0.4, -0.2) is 33.9 Å². The lowest BCUT2D eigenvalue weighted by atomic mass is 10.1. The minimum Gasteiger partial charge on any atom is -0.497 e. The molecule has 30 heavy (non-hydrogen) atoms. The average Bonchev–Trinajstić information content (AvgIpc) is 3.13. The van der Waals surface area contributed by atoms with E-state index in [0.29, 0.717) is 11.6 Å². The van der Waals surface area contributed by atoms with Crippen LogP contribution in [0.1, 0.15) is 0 Å². The molecule has 1 aromatic heterocycles. The summed E-state index contributed by atoms with van der Waals surface area (Å²) in [5.74, 6) is 1.80. The van der Waals surface area contributed by atoms with E-state index in [1.807, 2.05) is 72.8 Å². The van der Waals surface area contributed by atoms with Gasteiger partial charge in [0.15, 0.2) is 5.17 Å². The lowest BCUT2D eigenvalue weighted by Gasteiger charge is -2.22. The van der Waals surface area contributed by atoms with Crippen molar-refractivity contribution < 1.29 is 4.74 Å². The lowest BCUT2D eigenvalue weighted by Crippen LogP contribution is -2.34. The largest absolute Gasteiger partial charge is 0.497 e. The first-order chi connectivity index (χ1) is 14.7. The second kappa shape index (κ2) is 7.68. The van der Waals surface area contributed by atoms with Crippen LogP contribution >= 0.6 is 11.8 Å². The maximum atomic E-state index is 8.46. The van der Waals surface area contributed by atoms with Crippen molar-refractivity contribution in [3.63, 3.8) is 0 Å². The Labute approximate surface area is 178 Å². The van der Waals surface area contributed by atoms with Crippen molar-refractivity contribution >= 4 is 55.9 Å². The Balaban J connectivity index is 1.58. The number of hydrazine groups is 1. The fourth-order valence-electron chi connectivity index (χ4n) is 3.41. The van der Waals surface area contributed by atoms with Gasteiger partial charge in [-0.3, -0.25) is 10.8 Å². The number of hydrogen-bond acceptors (Lipinski definition) is 6. The Morgan fingerprint density at radius 2 is 1.60 bits per heavy atom. The molecule has 6 nitrogen and oxygen atoms in total. The third-order valence-corrected chi connectivity index (χ3v) is 5.86. The van der Waals surface area contributed by atoms with E-state index < -0.39 is 0 Å². The van der Waals surface area contributed by atoms with Gasteiger partial charge in [-0.15, -0.1) is 0 Å². The van der Waals surface area contributed by atoms with Crippen molar-refractivity contribution in [1.29, 1.82) is 5.41 Å². The minimum atomic E-state index is 0.456. The van der Waals surface area contributed by atoms with Crippen molar-refractivity contribution in [3.05, 3.63) is 72.8 Å². The molecule has 4 aromatic rings. The van der Waals surface area contributed by atoms with E-state index in [2.05, 4.69) is 5.43 Å². The summed E-state index contributed by atoms with van der Waals surface area (Å²) >= 11 is 1.54. The van der Waals surface area contributed by atoms with Crippen LogP contribution in [0.2, 0.25) is 0 Å². The quantitative estimate of drug-likeness (QED) is 0.436. The molecule has 2 heterocycles. The number of nitrogens with one attached hydrogen (secondary N) is 2. The van der Waals surface area contributed by atoms with Crippen molar-refractivity contribution in [2.45, 2.75) is 0 Å². The number of para-hydroxylation sites is 2. The molecule has 0 bridgehead atoms. The van der Waals surface area contributed by atoms with Gasteiger partial charge in [0.1, 0.15) is 11.6 Å². The number of aromatic nitrogens is 1. The molecule has 1 saturated heterocycles. The van der Waals surface area contributed by atoms with E-state index in [1.165, 1.54) is 11.8 Å². The molecular formula is C23H19N5OS. The maximum Gasteiger partial charge on any atom is 0.189 e. The van der Waals surface area contributed by atoms with E-state index in [9.17, 15) is 0 Å². The molecule has 3 aromatic carbocycles. The zero-order valence-corrected chi connectivity index (χ0v) is 17.1. The molecule has 0 aliphatic carbocycles. The number of anilines is 1. The van der Waals surface area contributed by atoms with Crippen LogP contribution in [-0.2, 0) is 0 Å². The van der Waals surface area contributed by atoms with Crippen LogP contribution in [0.15, 0.2) is 77.8 Å². The average molecular weight is 414 g/mol. The molecular weight excluding hydrogens is 394 g/mol. The van der Waals surface area contributed by atoms with Crippen LogP contribution in [0.5, 0.6) is 5.75 Å². The second-order valence-electron chi connectivity index (χ2n) is 6.80. The molecule has 0 amide bonds. The predicted molar refractivity (Wildman–Crippen MR) is 125 cm³/mol. The van der Waals surface area contributed by atoms with E-state index in [0.717, 1.165) is 44.1 Å². The number of thioether (sulfide) groups is 1. The highest BCUT2D eigenvalue weighted by Crippen LogP contribution is 2.33. The molecule has 0 radical (unpaired) electrons. The molecule has 0 saturated carbocycles. The summed E-state index contributed by atoms with van der Waals surface area (Å²) in [6, 6.07) is 23.6. The van der Waals surface area contributed by atoms with Gasteiger partial charge in [0.2, 0.25) is 0 Å². The van der Waals surface area contributed by atoms with Crippen LogP contribution in [0.3, 0.4) is 0 Å². The monoisotopic (exact) mass is 413 g/mol. The van der Waals surface area contributed by atoms with E-state index in [1.54, 1.807) is 12.1 Å². The predicted octanol–water partition coefficient (Wildman–Crippen LogP) is 5.44. The number of nitrogens with zero attached hydrogens (tertiary/aromatic N) is 3. The summed E-state index contributed by atoms with van der Waals surface area (Å²) in [4.78, 5) is 9.53. The first-order valence-electron chi connectivity index (χ1n) is 9.50. The van der Waals surface area contributed by atoms with Crippen LogP contribution < -0.4 is 10.2 Å². The van der Waals surface area contributed by atoms with E-state index in [-0.39, 0.29) is 0 Å². The molecule has 1 aliphatic rings. The van der Waals surface area contributed by atoms with Gasteiger partial charge in [0.25, 0.3) is 0 Å². The van der Waals surface area contributed by atoms with Gasteiger partial charge in [-0.1, -0.05) is 48.2 Å². The third kappa shape index (κ3) is 3.33. The fourth-order valence-corrected chi connectivity index (χ4v) is 4.26. The highest BCUT2D eigenvalue weighted by atomic mass is 32.2. The molecule has 5 rings (SSSR count). The van der Waals surface area contributed by atoms with Crippen LogP contribution in [0.4, 0.5) is 11.4 Å². The Kier molecular flexibility index (Phi) is 4.72. The molecule has 0 spiro atoms. The van der Waals surface area contributed by atoms with Gasteiger partial charge in [-0.25, -0.2) is 15.0 Å². The zero-order valence-electron chi connectivity index (χ0n) is 16.3. The summed E-state index contributed by atoms with van der Waals surface area (Å²) < 4.78 is 5.22. The number of aliphatic imine (C=N–C) groups is 1. The Morgan fingerprint density at radius 3 is 2.23 bits per heavy atom. The number of pyridine rings is 1. The Morgan fingerprint density at radius 1 is 0.967 bits per heavy atom. The maximum absolute atomic E-state index is 8.46. The number of fused-ring (bicyclic) bond motifs is 2. The first kappa shape index (κ1) is 18.4. The van der Waals surface area contributed by atoms with E-state index in [4.69, 9.17) is 20.1 Å². The summed E-state index contributed by atoms with van der Waals surface area (Å²) in [5.41, 5.74) is 7.01. The van der Waals surface area contributed by atoms with Crippen molar-refractivity contribution in [2.75, 3.05) is 18.3 Å². The topological polar surface area (TPSA) is 73.6 Å². The molecule has 0 unspecified atom stereocenters. The van der Waals surface area contributed by atoms with E-state index >= 15 is 0 Å². The number of methoxy groups -OCH3 is 1. The molecule has 148 valence electrons. The van der Waals surface area contributed by atoms with Gasteiger partial charge in [0.05, 0.1) is 35.3 Å². The highest BCUT2D eigenvalue weighted by molar-refractivity contribution is 8.15. The Bertz CT molecular complexity index is 1230. The number of benzene rings is 3. The molecule has 2 N–H and O–H groups in total. The second-order valence-corrected chi connectivity index (χ2v) is 7.74. The minimum absolute atomic E-state index is 0.456. The van der Waals surface area contributed by atoms with Gasteiger partial charge in [-0.05, 0) is 36.4 Å². The third-order valence-electron chi connectivity index (χ3n) is 4.91. The van der Waals surface area contributed by atoms with Crippen molar-refractivity contribution in [3.8, 4) is 5.75 Å². The number of rotatable bonds is 4. The lowest BCUT2D eigenvalue weighted by molar-refractivity contribution is 0.415. The molecule has 1 fully saturated rings. The molecule has 7 heteroatoms. The van der Waals surface area contributed by atoms with Gasteiger partial charge in [0, 0.05) is 10.8 Å². The summed E-state index contributed by atoms with van der Waals surface area (Å²) in [6.07, 6.45) is 0. The zero-order chi connectivity index (χ0) is 20.5. The highest BCUT2D eigenvalue weighted by Gasteiger charge is 2.27. The smallest absolute Gasteiger partial charge is 0.189 e. The summed E-state index contributed by atoms with van der Waals surface area (Å²) in [6.45, 7) is 0. The Hall–Kier alpha value is -3.58. The number of hydrogen-bond donors (Lipinski definition) is 2. The van der Waals surface area contributed by atoms with Crippen molar-refractivity contribution in [1.82, 2.24) is 9.99 Å². The van der Waals surface area contributed by atoms with Gasteiger partial charge in [-0.2, -0.15) is 0 Å². The number of ether oxygens (including phenoxy) is 1. The van der Waals surface area contributed by atoms with Gasteiger partial charge >= 0.3 is 0 Å². The van der Waals surface area contributed by atoms with Gasteiger partial charge < -0.3 is 4.74 Å². The number of amidine groups is 2. The standard InChI is InChI=1S/C23H19N5OS/c1-29-16-12-10-15(11-13-16)25-23-28(21(24)14-30-23)27-22-17-6-2-4-8-19(17)26-20-9-5-3-7-18(20)22/h2-13,24H,14H2,1H3,(H,26,27). The summed E-state index contributed by atoms with van der Waals surface area (Å²) in [5, 5.41) is 13.0. The van der Waals surface area contributed by atoms with Crippen LogP contribution in [0.25, 0.3) is 21.8 Å².